The highest BCUT2D eigenvalue weighted by atomic mass is 31.2. The Morgan fingerprint density at radius 3 is 1.72 bits per heavy atom. The molecule has 7 heteroatoms. The lowest BCUT2D eigenvalue weighted by Gasteiger charge is -2.25. The van der Waals surface area contributed by atoms with Crippen LogP contribution in [-0.4, -0.2) is 41.4 Å². The van der Waals surface area contributed by atoms with Crippen LogP contribution in [0.4, 0.5) is 0 Å². The van der Waals surface area contributed by atoms with E-state index in [2.05, 4.69) is 0 Å². The first-order valence-electron chi connectivity index (χ1n) is 6.54. The van der Waals surface area contributed by atoms with Gasteiger partial charge in [0.05, 0.1) is 18.9 Å². The van der Waals surface area contributed by atoms with Gasteiger partial charge in [0.25, 0.3) is 0 Å². The zero-order valence-corrected chi connectivity index (χ0v) is 14.0. The third kappa shape index (κ3) is 6.45. The van der Waals surface area contributed by atoms with Crippen molar-refractivity contribution in [3.8, 4) is 0 Å². The normalized spacial score (nSPS) is 14.1. The fraction of sp³-hybridized carbons (Fsp3) is 1.00. The molecule has 0 aromatic heterocycles. The Morgan fingerprint density at radius 1 is 0.944 bits per heavy atom. The third-order valence-electron chi connectivity index (χ3n) is 2.23. The summed E-state index contributed by atoms with van der Waals surface area (Å²) >= 11 is 0. The first kappa shape index (κ1) is 18.3. The van der Waals surface area contributed by atoms with Gasteiger partial charge in [-0.15, -0.1) is 0 Å². The first-order valence-corrected chi connectivity index (χ1v) is 9.67. The Labute approximate surface area is 113 Å². The van der Waals surface area contributed by atoms with Crippen LogP contribution in [0.3, 0.4) is 0 Å². The summed E-state index contributed by atoms with van der Waals surface area (Å²) in [6, 6.07) is 0.601. The molecule has 1 unspecified atom stereocenters. The maximum atomic E-state index is 12.5. The van der Waals surface area contributed by atoms with Gasteiger partial charge in [0.2, 0.25) is 0 Å². The fourth-order valence-electron chi connectivity index (χ4n) is 1.49. The molecule has 0 saturated heterocycles. The van der Waals surface area contributed by atoms with E-state index in [9.17, 15) is 4.57 Å². The highest BCUT2D eigenvalue weighted by Gasteiger charge is 2.35. The van der Waals surface area contributed by atoms with E-state index in [0.717, 1.165) is 0 Å². The van der Waals surface area contributed by atoms with Gasteiger partial charge in [-0.25, -0.2) is 0 Å². The molecule has 0 rings (SSSR count). The van der Waals surface area contributed by atoms with Crippen LogP contribution in [-0.2, 0) is 22.5 Å². The Kier molecular flexibility index (Phi) is 10.3. The van der Waals surface area contributed by atoms with Crippen molar-refractivity contribution in [1.82, 2.24) is 0 Å². The summed E-state index contributed by atoms with van der Waals surface area (Å²) in [7, 11) is -4.44. The topological polar surface area (TPSA) is 54.0 Å². The molecule has 0 heterocycles. The van der Waals surface area contributed by atoms with Crippen molar-refractivity contribution >= 4 is 16.9 Å². The van der Waals surface area contributed by atoms with Crippen LogP contribution in [0, 0.1) is 0 Å². The van der Waals surface area contributed by atoms with Crippen molar-refractivity contribution in [2.45, 2.75) is 46.3 Å². The fourth-order valence-corrected chi connectivity index (χ4v) is 5.58. The summed E-state index contributed by atoms with van der Waals surface area (Å²) in [6.45, 7) is 11.3. The van der Waals surface area contributed by atoms with Crippen LogP contribution in [0.2, 0.25) is 6.04 Å². The lowest BCUT2D eigenvalue weighted by molar-refractivity contribution is 0.201. The number of hydrogen-bond donors (Lipinski definition) is 0. The van der Waals surface area contributed by atoms with Gasteiger partial charge in [0.1, 0.15) is 0 Å². The second-order valence-electron chi connectivity index (χ2n) is 3.67. The molecule has 0 aromatic carbocycles. The molecule has 0 aliphatic heterocycles. The molecule has 5 nitrogen and oxygen atoms in total. The standard InChI is InChI=1S/C11H26O5PSi/c1-6-13-17(12,14-7-2)11(5)10-18(15-8-3)16-9-4/h11H,6-10H2,1-5H3. The Balaban J connectivity index is 4.54. The Hall–Kier alpha value is 0.287. The average Bonchev–Trinajstić information content (AvgIpc) is 2.30. The molecule has 18 heavy (non-hydrogen) atoms. The van der Waals surface area contributed by atoms with E-state index in [1.165, 1.54) is 0 Å². The second kappa shape index (κ2) is 10.1. The molecule has 1 radical (unpaired) electrons. The predicted molar refractivity (Wildman–Crippen MR) is 74.1 cm³/mol. The van der Waals surface area contributed by atoms with E-state index in [-0.39, 0.29) is 5.66 Å². The van der Waals surface area contributed by atoms with Crippen molar-refractivity contribution in [1.29, 1.82) is 0 Å². The zero-order valence-electron chi connectivity index (χ0n) is 12.1. The molecule has 0 bridgehead atoms. The predicted octanol–water partition coefficient (Wildman–Crippen LogP) is 3.20. The van der Waals surface area contributed by atoms with E-state index in [1.807, 2.05) is 34.6 Å². The van der Waals surface area contributed by atoms with Crippen LogP contribution in [0.25, 0.3) is 0 Å². The van der Waals surface area contributed by atoms with Gasteiger partial charge in [-0.05, 0) is 27.7 Å². The third-order valence-corrected chi connectivity index (χ3v) is 7.24. The number of hydrogen-bond acceptors (Lipinski definition) is 5. The second-order valence-corrected chi connectivity index (χ2v) is 7.87. The van der Waals surface area contributed by atoms with Crippen LogP contribution < -0.4 is 0 Å². The smallest absolute Gasteiger partial charge is 0.385 e. The van der Waals surface area contributed by atoms with Crippen molar-refractivity contribution in [2.75, 3.05) is 26.4 Å². The summed E-state index contributed by atoms with van der Waals surface area (Å²) in [5, 5.41) is 0. The van der Waals surface area contributed by atoms with Gasteiger partial charge >= 0.3 is 16.9 Å². The molecule has 0 aromatic rings. The molecule has 1 atom stereocenters. The molecular formula is C11H26O5PSi. The summed E-state index contributed by atoms with van der Waals surface area (Å²) < 4.78 is 34.3. The molecule has 0 saturated carbocycles. The molecular weight excluding hydrogens is 271 g/mol. The van der Waals surface area contributed by atoms with Crippen molar-refractivity contribution in [3.63, 3.8) is 0 Å². The minimum Gasteiger partial charge on any atom is -0.394 e. The summed E-state index contributed by atoms with van der Waals surface area (Å²) in [5.41, 5.74) is -0.204. The summed E-state index contributed by atoms with van der Waals surface area (Å²) in [5.74, 6) is 0. The van der Waals surface area contributed by atoms with Gasteiger partial charge in [-0.3, -0.25) is 4.57 Å². The van der Waals surface area contributed by atoms with Crippen molar-refractivity contribution in [2.24, 2.45) is 0 Å². The lowest BCUT2D eigenvalue weighted by atomic mass is 10.6. The molecule has 0 aliphatic carbocycles. The Bertz CT molecular complexity index is 236. The van der Waals surface area contributed by atoms with E-state index in [0.29, 0.717) is 32.5 Å². The quantitative estimate of drug-likeness (QED) is 0.433. The van der Waals surface area contributed by atoms with E-state index < -0.39 is 16.9 Å². The highest BCUT2D eigenvalue weighted by molar-refractivity contribution is 7.54. The summed E-state index contributed by atoms with van der Waals surface area (Å²) in [4.78, 5) is 0. The van der Waals surface area contributed by atoms with E-state index in [4.69, 9.17) is 17.9 Å². The van der Waals surface area contributed by atoms with Gasteiger partial charge in [-0.2, -0.15) is 0 Å². The molecule has 0 fully saturated rings. The molecule has 109 valence electrons. The molecule has 0 aliphatic rings. The van der Waals surface area contributed by atoms with Crippen molar-refractivity contribution in [3.05, 3.63) is 0 Å². The van der Waals surface area contributed by atoms with E-state index >= 15 is 0 Å². The maximum absolute atomic E-state index is 12.5. The zero-order chi connectivity index (χ0) is 14.0. The SMILES string of the molecule is CCO[Si](CC(C)P(=O)(OCC)OCC)OCC. The lowest BCUT2D eigenvalue weighted by Crippen LogP contribution is -2.27. The van der Waals surface area contributed by atoms with Gasteiger partial charge in [-0.1, -0.05) is 6.92 Å². The molecule has 0 spiro atoms. The molecule has 0 N–H and O–H groups in total. The van der Waals surface area contributed by atoms with Crippen LogP contribution in [0.1, 0.15) is 34.6 Å². The van der Waals surface area contributed by atoms with Crippen molar-refractivity contribution < 1.29 is 22.5 Å². The monoisotopic (exact) mass is 297 g/mol. The van der Waals surface area contributed by atoms with Gasteiger partial charge < -0.3 is 17.9 Å². The largest absolute Gasteiger partial charge is 0.394 e. The summed E-state index contributed by atoms with van der Waals surface area (Å²) in [6.07, 6.45) is 0. The van der Waals surface area contributed by atoms with Crippen LogP contribution in [0.15, 0.2) is 0 Å². The highest BCUT2D eigenvalue weighted by Crippen LogP contribution is 2.54. The Morgan fingerprint density at radius 2 is 1.39 bits per heavy atom. The van der Waals surface area contributed by atoms with Crippen LogP contribution in [0.5, 0.6) is 0 Å². The van der Waals surface area contributed by atoms with Gasteiger partial charge in [0, 0.05) is 19.3 Å². The minimum absolute atomic E-state index is 0.204. The first-order chi connectivity index (χ1) is 8.53. The van der Waals surface area contributed by atoms with Gasteiger partial charge in [0.15, 0.2) is 0 Å². The molecule has 0 amide bonds. The van der Waals surface area contributed by atoms with E-state index in [1.54, 1.807) is 0 Å². The minimum atomic E-state index is -3.05. The van der Waals surface area contributed by atoms with Crippen LogP contribution >= 0.6 is 7.60 Å². The number of rotatable bonds is 11. The average molecular weight is 297 g/mol. The maximum Gasteiger partial charge on any atom is 0.385 e.